The van der Waals surface area contributed by atoms with Gasteiger partial charge in [-0.15, -0.1) is 0 Å². The van der Waals surface area contributed by atoms with Crippen molar-refractivity contribution >= 4 is 16.9 Å². The van der Waals surface area contributed by atoms with E-state index in [0.717, 1.165) is 61.4 Å². The molecule has 106 valence electrons. The highest BCUT2D eigenvalue weighted by molar-refractivity contribution is 5.97. The number of rotatable bonds is 3. The molecule has 3 rings (SSSR count). The van der Waals surface area contributed by atoms with Gasteiger partial charge in [-0.25, -0.2) is 4.98 Å². The summed E-state index contributed by atoms with van der Waals surface area (Å²) in [6.07, 6.45) is 2.00. The van der Waals surface area contributed by atoms with E-state index >= 15 is 0 Å². The van der Waals surface area contributed by atoms with Crippen LogP contribution >= 0.6 is 0 Å². The molecule has 0 radical (unpaired) electrons. The summed E-state index contributed by atoms with van der Waals surface area (Å²) in [5.74, 6) is 1.11. The van der Waals surface area contributed by atoms with Gasteiger partial charge in [-0.2, -0.15) is 0 Å². The first kappa shape index (κ1) is 13.1. The van der Waals surface area contributed by atoms with E-state index in [1.165, 1.54) is 0 Å². The second-order valence-corrected chi connectivity index (χ2v) is 5.21. The Hall–Kier alpha value is -1.88. The molecule has 20 heavy (non-hydrogen) atoms. The number of aromatic nitrogens is 2. The van der Waals surface area contributed by atoms with Crippen molar-refractivity contribution in [2.75, 3.05) is 26.2 Å². The van der Waals surface area contributed by atoms with Crippen molar-refractivity contribution in [1.82, 2.24) is 20.2 Å². The van der Waals surface area contributed by atoms with Gasteiger partial charge in [0, 0.05) is 38.2 Å². The van der Waals surface area contributed by atoms with Crippen LogP contribution in [0.2, 0.25) is 0 Å². The summed E-state index contributed by atoms with van der Waals surface area (Å²) in [5.41, 5.74) is 2.63. The fourth-order valence-electron chi connectivity index (χ4n) is 2.60. The van der Waals surface area contributed by atoms with Gasteiger partial charge in [0.25, 0.3) is 5.91 Å². The van der Waals surface area contributed by atoms with Gasteiger partial charge >= 0.3 is 0 Å². The van der Waals surface area contributed by atoms with Crippen molar-refractivity contribution < 1.29 is 4.79 Å². The molecule has 2 N–H and O–H groups in total. The molecule has 1 saturated heterocycles. The Labute approximate surface area is 118 Å². The summed E-state index contributed by atoms with van der Waals surface area (Å²) in [6.45, 7) is 5.44. The molecule has 1 aliphatic rings. The van der Waals surface area contributed by atoms with E-state index in [0.29, 0.717) is 0 Å². The molecule has 5 nitrogen and oxygen atoms in total. The summed E-state index contributed by atoms with van der Waals surface area (Å²) < 4.78 is 0. The molecule has 1 aromatic carbocycles. The molecule has 1 amide bonds. The Morgan fingerprint density at radius 2 is 2.15 bits per heavy atom. The SMILES string of the molecule is CCCc1nc2ccc(C(=O)N3CCNCC3)cc2[nH]1. The maximum atomic E-state index is 12.4. The number of fused-ring (bicyclic) bond motifs is 1. The molecular formula is C15H20N4O. The number of nitrogens with one attached hydrogen (secondary N) is 2. The molecule has 0 spiro atoms. The average Bonchev–Trinajstić information content (AvgIpc) is 2.89. The lowest BCUT2D eigenvalue weighted by Crippen LogP contribution is -2.46. The average molecular weight is 272 g/mol. The molecule has 0 unspecified atom stereocenters. The van der Waals surface area contributed by atoms with E-state index in [4.69, 9.17) is 0 Å². The van der Waals surface area contributed by atoms with Gasteiger partial charge in [0.2, 0.25) is 0 Å². The number of amides is 1. The minimum absolute atomic E-state index is 0.111. The Morgan fingerprint density at radius 3 is 2.90 bits per heavy atom. The molecule has 1 aliphatic heterocycles. The first-order valence-corrected chi connectivity index (χ1v) is 7.26. The summed E-state index contributed by atoms with van der Waals surface area (Å²) in [5, 5.41) is 3.26. The molecular weight excluding hydrogens is 252 g/mol. The molecule has 1 aromatic heterocycles. The van der Waals surface area contributed by atoms with Gasteiger partial charge in [0.05, 0.1) is 11.0 Å². The number of H-pyrrole nitrogens is 1. The van der Waals surface area contributed by atoms with Crippen LogP contribution < -0.4 is 5.32 Å². The maximum absolute atomic E-state index is 12.4. The van der Waals surface area contributed by atoms with Gasteiger partial charge < -0.3 is 15.2 Å². The summed E-state index contributed by atoms with van der Waals surface area (Å²) >= 11 is 0. The van der Waals surface area contributed by atoms with Crippen LogP contribution in [0.3, 0.4) is 0 Å². The van der Waals surface area contributed by atoms with Crippen LogP contribution in [0.15, 0.2) is 18.2 Å². The van der Waals surface area contributed by atoms with Crippen LogP contribution in [0.25, 0.3) is 11.0 Å². The van der Waals surface area contributed by atoms with E-state index in [2.05, 4.69) is 22.2 Å². The Kier molecular flexibility index (Phi) is 3.69. The standard InChI is InChI=1S/C15H20N4O/c1-2-3-14-17-12-5-4-11(10-13(12)18-14)15(20)19-8-6-16-7-9-19/h4-5,10,16H,2-3,6-9H2,1H3,(H,17,18). The highest BCUT2D eigenvalue weighted by Crippen LogP contribution is 2.16. The smallest absolute Gasteiger partial charge is 0.254 e. The number of imidazole rings is 1. The maximum Gasteiger partial charge on any atom is 0.254 e. The predicted octanol–water partition coefficient (Wildman–Crippen LogP) is 1.56. The van der Waals surface area contributed by atoms with Gasteiger partial charge in [-0.05, 0) is 24.6 Å². The van der Waals surface area contributed by atoms with Gasteiger partial charge in [0.15, 0.2) is 0 Å². The van der Waals surface area contributed by atoms with Crippen LogP contribution in [0, 0.1) is 0 Å². The second-order valence-electron chi connectivity index (χ2n) is 5.21. The zero-order chi connectivity index (χ0) is 13.9. The first-order valence-electron chi connectivity index (χ1n) is 7.26. The van der Waals surface area contributed by atoms with Crippen LogP contribution in [-0.2, 0) is 6.42 Å². The number of carbonyl (C=O) groups is 1. The first-order chi connectivity index (χ1) is 9.78. The number of nitrogens with zero attached hydrogens (tertiary/aromatic N) is 2. The second kappa shape index (κ2) is 5.63. The number of carbonyl (C=O) groups excluding carboxylic acids is 1. The van der Waals surface area contributed by atoms with Crippen molar-refractivity contribution in [3.63, 3.8) is 0 Å². The molecule has 2 heterocycles. The highest BCUT2D eigenvalue weighted by atomic mass is 16.2. The van der Waals surface area contributed by atoms with E-state index in [1.807, 2.05) is 23.1 Å². The molecule has 2 aromatic rings. The molecule has 5 heteroatoms. The van der Waals surface area contributed by atoms with Gasteiger partial charge in [0.1, 0.15) is 5.82 Å². The van der Waals surface area contributed by atoms with Gasteiger partial charge in [-0.3, -0.25) is 4.79 Å². The van der Waals surface area contributed by atoms with Crippen LogP contribution in [0.5, 0.6) is 0 Å². The molecule has 1 fully saturated rings. The predicted molar refractivity (Wildman–Crippen MR) is 78.9 cm³/mol. The fourth-order valence-corrected chi connectivity index (χ4v) is 2.60. The molecule has 0 saturated carbocycles. The Balaban J connectivity index is 1.85. The number of benzene rings is 1. The Morgan fingerprint density at radius 1 is 1.35 bits per heavy atom. The monoisotopic (exact) mass is 272 g/mol. The van der Waals surface area contributed by atoms with Crippen molar-refractivity contribution in [2.24, 2.45) is 0 Å². The van der Waals surface area contributed by atoms with Crippen LogP contribution in [0.4, 0.5) is 0 Å². The van der Waals surface area contributed by atoms with E-state index in [9.17, 15) is 4.79 Å². The lowest BCUT2D eigenvalue weighted by molar-refractivity contribution is 0.0736. The van der Waals surface area contributed by atoms with Crippen molar-refractivity contribution in [1.29, 1.82) is 0 Å². The quantitative estimate of drug-likeness (QED) is 0.891. The highest BCUT2D eigenvalue weighted by Gasteiger charge is 2.18. The Bertz CT molecular complexity index is 613. The fraction of sp³-hybridized carbons (Fsp3) is 0.467. The van der Waals surface area contributed by atoms with Crippen LogP contribution in [0.1, 0.15) is 29.5 Å². The lowest BCUT2D eigenvalue weighted by atomic mass is 10.1. The third-order valence-electron chi connectivity index (χ3n) is 3.67. The third-order valence-corrected chi connectivity index (χ3v) is 3.67. The number of hydrogen-bond donors (Lipinski definition) is 2. The van der Waals surface area contributed by atoms with E-state index in [-0.39, 0.29) is 5.91 Å². The third kappa shape index (κ3) is 2.54. The molecule has 0 bridgehead atoms. The number of aryl methyl sites for hydroxylation is 1. The largest absolute Gasteiger partial charge is 0.342 e. The molecule has 0 aliphatic carbocycles. The van der Waals surface area contributed by atoms with Crippen molar-refractivity contribution in [3.8, 4) is 0 Å². The normalized spacial score (nSPS) is 15.8. The summed E-state index contributed by atoms with van der Waals surface area (Å²) in [7, 11) is 0. The van der Waals surface area contributed by atoms with E-state index < -0.39 is 0 Å². The van der Waals surface area contributed by atoms with Crippen molar-refractivity contribution in [2.45, 2.75) is 19.8 Å². The zero-order valence-corrected chi connectivity index (χ0v) is 11.8. The number of hydrogen-bond acceptors (Lipinski definition) is 3. The van der Waals surface area contributed by atoms with E-state index in [1.54, 1.807) is 0 Å². The molecule has 0 atom stereocenters. The summed E-state index contributed by atoms with van der Waals surface area (Å²) in [6, 6.07) is 5.73. The van der Waals surface area contributed by atoms with Gasteiger partial charge in [-0.1, -0.05) is 6.92 Å². The minimum atomic E-state index is 0.111. The van der Waals surface area contributed by atoms with Crippen molar-refractivity contribution in [3.05, 3.63) is 29.6 Å². The zero-order valence-electron chi connectivity index (χ0n) is 11.8. The number of piperazine rings is 1. The van der Waals surface area contributed by atoms with Crippen LogP contribution in [-0.4, -0.2) is 47.0 Å². The topological polar surface area (TPSA) is 61.0 Å². The lowest BCUT2D eigenvalue weighted by Gasteiger charge is -2.27. The number of aromatic amines is 1. The summed E-state index contributed by atoms with van der Waals surface area (Å²) in [4.78, 5) is 22.2. The minimum Gasteiger partial charge on any atom is -0.342 e.